The molecule has 0 unspecified atom stereocenters. The van der Waals surface area contributed by atoms with Crippen LogP contribution in [0.25, 0.3) is 10.2 Å². The monoisotopic (exact) mass is 358 g/mol. The average molecular weight is 358 g/mol. The number of hydrogen-bond acceptors (Lipinski definition) is 6. The number of aryl methyl sites for hydroxylation is 1. The lowest BCUT2D eigenvalue weighted by Gasteiger charge is -2.27. The molecule has 1 aliphatic rings. The molecule has 0 aliphatic carbocycles. The maximum atomic E-state index is 12.7. The molecule has 0 radical (unpaired) electrons. The number of carbonyl (C=O) groups is 1. The van der Waals surface area contributed by atoms with Gasteiger partial charge < -0.3 is 9.80 Å². The fraction of sp³-hybridized carbons (Fsp3) is 0.353. The van der Waals surface area contributed by atoms with Crippen LogP contribution in [0.3, 0.4) is 0 Å². The van der Waals surface area contributed by atoms with Crippen LogP contribution >= 0.6 is 22.7 Å². The zero-order chi connectivity index (χ0) is 16.8. The molecule has 0 saturated heterocycles. The fourth-order valence-electron chi connectivity index (χ4n) is 3.13. The van der Waals surface area contributed by atoms with E-state index in [0.29, 0.717) is 6.54 Å². The second-order valence-electron chi connectivity index (χ2n) is 6.16. The van der Waals surface area contributed by atoms with Crippen LogP contribution in [0.5, 0.6) is 0 Å². The van der Waals surface area contributed by atoms with Crippen molar-refractivity contribution in [1.82, 2.24) is 14.9 Å². The molecule has 0 saturated carbocycles. The van der Waals surface area contributed by atoms with Gasteiger partial charge in [-0.3, -0.25) is 4.79 Å². The Kier molecular flexibility index (Phi) is 3.77. The smallest absolute Gasteiger partial charge is 0.264 e. The second-order valence-corrected chi connectivity index (χ2v) is 8.53. The summed E-state index contributed by atoms with van der Waals surface area (Å²) >= 11 is 3.25. The molecule has 0 spiro atoms. The highest BCUT2D eigenvalue weighted by Crippen LogP contribution is 2.38. The minimum Gasteiger partial charge on any atom is -0.362 e. The summed E-state index contributed by atoms with van der Waals surface area (Å²) in [4.78, 5) is 29.8. The Morgan fingerprint density at radius 1 is 1.25 bits per heavy atom. The highest BCUT2D eigenvalue weighted by molar-refractivity contribution is 7.19. The number of rotatable bonds is 2. The van der Waals surface area contributed by atoms with E-state index in [9.17, 15) is 4.79 Å². The molecule has 0 aromatic carbocycles. The average Bonchev–Trinajstić information content (AvgIpc) is 3.16. The summed E-state index contributed by atoms with van der Waals surface area (Å²) < 4.78 is 0. The van der Waals surface area contributed by atoms with Crippen molar-refractivity contribution in [3.8, 4) is 0 Å². The molecule has 24 heavy (non-hydrogen) atoms. The SMILES string of the molecule is Cc1ccc(C(=O)N2CCc3c(sc4ncnc(N(C)C)c34)C2)s1. The van der Waals surface area contributed by atoms with Crippen LogP contribution in [0.2, 0.25) is 0 Å². The first kappa shape index (κ1) is 15.5. The van der Waals surface area contributed by atoms with Gasteiger partial charge in [0, 0.05) is 30.4 Å². The highest BCUT2D eigenvalue weighted by atomic mass is 32.1. The lowest BCUT2D eigenvalue weighted by molar-refractivity contribution is 0.0742. The number of hydrogen-bond donors (Lipinski definition) is 0. The summed E-state index contributed by atoms with van der Waals surface area (Å²) in [5.74, 6) is 1.10. The highest BCUT2D eigenvalue weighted by Gasteiger charge is 2.27. The molecule has 124 valence electrons. The summed E-state index contributed by atoms with van der Waals surface area (Å²) in [6, 6.07) is 3.93. The summed E-state index contributed by atoms with van der Waals surface area (Å²) in [6.45, 7) is 3.44. The van der Waals surface area contributed by atoms with E-state index >= 15 is 0 Å². The van der Waals surface area contributed by atoms with Gasteiger partial charge in [-0.15, -0.1) is 22.7 Å². The first-order valence-electron chi connectivity index (χ1n) is 7.83. The number of aromatic nitrogens is 2. The van der Waals surface area contributed by atoms with Gasteiger partial charge in [0.1, 0.15) is 17.0 Å². The standard InChI is InChI=1S/C17H18N4OS2/c1-10-4-5-12(23-10)17(22)21-7-6-11-13(8-21)24-16-14(11)15(20(2)3)18-9-19-16/h4-5,9H,6-8H2,1-3H3. The van der Waals surface area contributed by atoms with E-state index in [0.717, 1.165) is 33.9 Å². The molecular formula is C17H18N4OS2. The second kappa shape index (κ2) is 5.82. The molecule has 3 aromatic rings. The van der Waals surface area contributed by atoms with Crippen LogP contribution in [0.1, 0.15) is 25.0 Å². The van der Waals surface area contributed by atoms with Gasteiger partial charge in [-0.1, -0.05) is 0 Å². The maximum absolute atomic E-state index is 12.7. The molecule has 1 amide bonds. The van der Waals surface area contributed by atoms with Crippen molar-refractivity contribution in [2.24, 2.45) is 0 Å². The van der Waals surface area contributed by atoms with Crippen molar-refractivity contribution in [1.29, 1.82) is 0 Å². The van der Waals surface area contributed by atoms with Crippen LogP contribution in [-0.4, -0.2) is 41.4 Å². The first-order chi connectivity index (χ1) is 11.5. The maximum Gasteiger partial charge on any atom is 0.264 e. The third kappa shape index (κ3) is 2.48. The van der Waals surface area contributed by atoms with E-state index in [1.807, 2.05) is 43.0 Å². The molecule has 0 fully saturated rings. The normalized spacial score (nSPS) is 14.0. The Balaban J connectivity index is 1.70. The Morgan fingerprint density at radius 2 is 2.08 bits per heavy atom. The molecule has 0 bridgehead atoms. The van der Waals surface area contributed by atoms with E-state index in [1.54, 1.807) is 29.0 Å². The van der Waals surface area contributed by atoms with E-state index in [1.165, 1.54) is 15.3 Å². The van der Waals surface area contributed by atoms with Gasteiger partial charge in [0.05, 0.1) is 16.8 Å². The van der Waals surface area contributed by atoms with E-state index < -0.39 is 0 Å². The molecule has 0 N–H and O–H groups in total. The Hall–Kier alpha value is -1.99. The molecular weight excluding hydrogens is 340 g/mol. The van der Waals surface area contributed by atoms with Crippen LogP contribution < -0.4 is 4.90 Å². The van der Waals surface area contributed by atoms with Gasteiger partial charge in [-0.25, -0.2) is 9.97 Å². The quantitative estimate of drug-likeness (QED) is 0.705. The van der Waals surface area contributed by atoms with Crippen molar-refractivity contribution >= 4 is 44.6 Å². The van der Waals surface area contributed by atoms with Gasteiger partial charge in [0.2, 0.25) is 0 Å². The van der Waals surface area contributed by atoms with Gasteiger partial charge >= 0.3 is 0 Å². The molecule has 5 nitrogen and oxygen atoms in total. The lowest BCUT2D eigenvalue weighted by atomic mass is 10.0. The zero-order valence-electron chi connectivity index (χ0n) is 13.9. The summed E-state index contributed by atoms with van der Waals surface area (Å²) in [5.41, 5.74) is 1.31. The van der Waals surface area contributed by atoms with Crippen molar-refractivity contribution in [2.45, 2.75) is 19.9 Å². The first-order valence-corrected chi connectivity index (χ1v) is 9.46. The van der Waals surface area contributed by atoms with E-state index in [4.69, 9.17) is 0 Å². The van der Waals surface area contributed by atoms with Crippen LogP contribution in [0, 0.1) is 6.92 Å². The predicted molar refractivity (Wildman–Crippen MR) is 99.2 cm³/mol. The number of amides is 1. The van der Waals surface area contributed by atoms with Crippen molar-refractivity contribution in [2.75, 3.05) is 25.5 Å². The predicted octanol–water partition coefficient (Wildman–Crippen LogP) is 3.33. The Bertz CT molecular complexity index is 928. The number of thiophene rings is 2. The van der Waals surface area contributed by atoms with E-state index in [2.05, 4.69) is 9.97 Å². The number of anilines is 1. The topological polar surface area (TPSA) is 49.3 Å². The molecule has 4 heterocycles. The van der Waals surface area contributed by atoms with Crippen LogP contribution in [0.15, 0.2) is 18.5 Å². The number of nitrogens with zero attached hydrogens (tertiary/aromatic N) is 4. The lowest BCUT2D eigenvalue weighted by Crippen LogP contribution is -2.34. The number of carbonyl (C=O) groups excluding carboxylic acids is 1. The fourth-order valence-corrected chi connectivity index (χ4v) is 5.16. The minimum absolute atomic E-state index is 0.134. The van der Waals surface area contributed by atoms with E-state index in [-0.39, 0.29) is 5.91 Å². The van der Waals surface area contributed by atoms with Crippen molar-refractivity contribution in [3.05, 3.63) is 38.7 Å². The molecule has 1 aliphatic heterocycles. The summed E-state index contributed by atoms with van der Waals surface area (Å²) in [7, 11) is 4.01. The van der Waals surface area contributed by atoms with Gasteiger partial charge in [0.25, 0.3) is 5.91 Å². The minimum atomic E-state index is 0.134. The van der Waals surface area contributed by atoms with Gasteiger partial charge in [-0.2, -0.15) is 0 Å². The van der Waals surface area contributed by atoms with Gasteiger partial charge in [-0.05, 0) is 31.0 Å². The van der Waals surface area contributed by atoms with Crippen LogP contribution in [0.4, 0.5) is 5.82 Å². The molecule has 0 atom stereocenters. The molecule has 3 aromatic heterocycles. The van der Waals surface area contributed by atoms with Crippen LogP contribution in [-0.2, 0) is 13.0 Å². The molecule has 7 heteroatoms. The van der Waals surface area contributed by atoms with Crippen molar-refractivity contribution in [3.63, 3.8) is 0 Å². The molecule has 4 rings (SSSR count). The van der Waals surface area contributed by atoms with Gasteiger partial charge in [0.15, 0.2) is 0 Å². The summed E-state index contributed by atoms with van der Waals surface area (Å²) in [5, 5.41) is 1.15. The zero-order valence-corrected chi connectivity index (χ0v) is 15.5. The van der Waals surface area contributed by atoms with Crippen molar-refractivity contribution < 1.29 is 4.79 Å². The third-order valence-electron chi connectivity index (χ3n) is 4.28. The Labute approximate surface area is 148 Å². The summed E-state index contributed by atoms with van der Waals surface area (Å²) in [6.07, 6.45) is 2.48. The largest absolute Gasteiger partial charge is 0.362 e. The Morgan fingerprint density at radius 3 is 2.79 bits per heavy atom. The third-order valence-corrected chi connectivity index (χ3v) is 6.39. The number of fused-ring (bicyclic) bond motifs is 3.